The van der Waals surface area contributed by atoms with Gasteiger partial charge >= 0.3 is 0 Å². The second-order valence-electron chi connectivity index (χ2n) is 7.37. The molecule has 2 nitrogen and oxygen atoms in total. The monoisotopic (exact) mass is 356 g/mol. The fourth-order valence-corrected chi connectivity index (χ4v) is 4.04. The highest BCUT2D eigenvalue weighted by Crippen LogP contribution is 2.39. The van der Waals surface area contributed by atoms with Crippen molar-refractivity contribution in [3.8, 4) is 6.07 Å². The number of nitriles is 1. The maximum atomic E-state index is 14.4. The molecule has 25 heavy (non-hydrogen) atoms. The van der Waals surface area contributed by atoms with Crippen LogP contribution in [0.4, 0.5) is 4.39 Å². The topological polar surface area (TPSA) is 35.8 Å². The van der Waals surface area contributed by atoms with Crippen molar-refractivity contribution in [3.63, 3.8) is 0 Å². The molecule has 1 aliphatic heterocycles. The maximum absolute atomic E-state index is 14.4. The second-order valence-corrected chi connectivity index (χ2v) is 7.78. The van der Waals surface area contributed by atoms with Crippen LogP contribution in [0.2, 0.25) is 5.02 Å². The standard InChI is InChI=1S/C21H22ClFN2/c1-21(2,14-7-4-3-5-8-14)11-19-16(12-24)17(13-25-19)15-9-6-10-18(22)20(15)23/h3-10,16-17,19,25H,11,13H2,1-2H3. The Bertz CT molecular complexity index is 782. The zero-order valence-electron chi connectivity index (χ0n) is 14.5. The lowest BCUT2D eigenvalue weighted by atomic mass is 9.75. The van der Waals surface area contributed by atoms with E-state index in [-0.39, 0.29) is 28.3 Å². The first-order chi connectivity index (χ1) is 11.9. The number of rotatable bonds is 4. The highest BCUT2D eigenvalue weighted by molar-refractivity contribution is 6.30. The zero-order valence-corrected chi connectivity index (χ0v) is 15.2. The van der Waals surface area contributed by atoms with E-state index in [1.54, 1.807) is 18.2 Å². The van der Waals surface area contributed by atoms with E-state index in [0.717, 1.165) is 6.42 Å². The normalized spacial score (nSPS) is 23.4. The summed E-state index contributed by atoms with van der Waals surface area (Å²) >= 11 is 5.93. The van der Waals surface area contributed by atoms with Crippen molar-refractivity contribution in [2.45, 2.75) is 37.6 Å². The Labute approximate surface area is 153 Å². The second kappa shape index (κ2) is 7.15. The molecule has 0 amide bonds. The van der Waals surface area contributed by atoms with E-state index in [0.29, 0.717) is 12.1 Å². The Kier molecular flexibility index (Phi) is 5.13. The Hall–Kier alpha value is -1.89. The lowest BCUT2D eigenvalue weighted by Gasteiger charge is -2.30. The highest BCUT2D eigenvalue weighted by atomic mass is 35.5. The van der Waals surface area contributed by atoms with Crippen molar-refractivity contribution in [2.75, 3.05) is 6.54 Å². The van der Waals surface area contributed by atoms with Crippen LogP contribution in [-0.2, 0) is 5.41 Å². The van der Waals surface area contributed by atoms with Gasteiger partial charge in [-0.05, 0) is 29.0 Å². The fourth-order valence-electron chi connectivity index (χ4n) is 3.86. The number of nitrogens with one attached hydrogen (secondary N) is 1. The van der Waals surface area contributed by atoms with E-state index < -0.39 is 5.82 Å². The third-order valence-corrected chi connectivity index (χ3v) is 5.57. The summed E-state index contributed by atoms with van der Waals surface area (Å²) in [5.74, 6) is -0.865. The molecule has 0 aromatic heterocycles. The summed E-state index contributed by atoms with van der Waals surface area (Å²) in [6.45, 7) is 4.96. The molecule has 1 heterocycles. The molecule has 1 fully saturated rings. The molecule has 3 atom stereocenters. The molecule has 2 aromatic carbocycles. The van der Waals surface area contributed by atoms with Crippen molar-refractivity contribution >= 4 is 11.6 Å². The minimum absolute atomic E-state index is 0.0172. The summed E-state index contributed by atoms with van der Waals surface area (Å²) in [7, 11) is 0. The van der Waals surface area contributed by atoms with Crippen molar-refractivity contribution in [3.05, 3.63) is 70.5 Å². The van der Waals surface area contributed by atoms with E-state index >= 15 is 0 Å². The predicted molar refractivity (Wildman–Crippen MR) is 99.1 cm³/mol. The number of benzene rings is 2. The van der Waals surface area contributed by atoms with Crippen LogP contribution in [0.15, 0.2) is 48.5 Å². The highest BCUT2D eigenvalue weighted by Gasteiger charge is 2.41. The van der Waals surface area contributed by atoms with Crippen LogP contribution >= 0.6 is 11.6 Å². The smallest absolute Gasteiger partial charge is 0.145 e. The first-order valence-corrected chi connectivity index (χ1v) is 8.94. The van der Waals surface area contributed by atoms with Crippen LogP contribution in [0, 0.1) is 23.1 Å². The molecule has 0 bridgehead atoms. The molecular weight excluding hydrogens is 335 g/mol. The van der Waals surface area contributed by atoms with Gasteiger partial charge < -0.3 is 5.32 Å². The van der Waals surface area contributed by atoms with Crippen LogP contribution in [0.1, 0.15) is 37.3 Å². The van der Waals surface area contributed by atoms with Crippen molar-refractivity contribution in [1.29, 1.82) is 5.26 Å². The molecule has 1 aliphatic rings. The van der Waals surface area contributed by atoms with Crippen LogP contribution in [-0.4, -0.2) is 12.6 Å². The Morgan fingerprint density at radius 1 is 1.20 bits per heavy atom. The average Bonchev–Trinajstić information content (AvgIpc) is 3.00. The summed E-state index contributed by atoms with van der Waals surface area (Å²) in [6, 6.07) is 17.8. The van der Waals surface area contributed by atoms with E-state index in [1.807, 2.05) is 18.2 Å². The largest absolute Gasteiger partial charge is 0.312 e. The van der Waals surface area contributed by atoms with E-state index in [9.17, 15) is 9.65 Å². The molecule has 1 saturated heterocycles. The minimum atomic E-state index is -0.404. The van der Waals surface area contributed by atoms with E-state index in [1.165, 1.54) is 5.56 Å². The summed E-state index contributed by atoms with van der Waals surface area (Å²) < 4.78 is 14.4. The van der Waals surface area contributed by atoms with Crippen molar-refractivity contribution in [1.82, 2.24) is 5.32 Å². The van der Waals surface area contributed by atoms with E-state index in [2.05, 4.69) is 37.4 Å². The van der Waals surface area contributed by atoms with Gasteiger partial charge in [0.15, 0.2) is 0 Å². The first-order valence-electron chi connectivity index (χ1n) is 8.56. The van der Waals surface area contributed by atoms with Gasteiger partial charge in [0.25, 0.3) is 0 Å². The van der Waals surface area contributed by atoms with Gasteiger partial charge in [0.1, 0.15) is 5.82 Å². The lowest BCUT2D eigenvalue weighted by molar-refractivity contribution is 0.367. The third-order valence-electron chi connectivity index (χ3n) is 5.28. The van der Waals surface area contributed by atoms with Gasteiger partial charge in [-0.25, -0.2) is 4.39 Å². The zero-order chi connectivity index (χ0) is 18.0. The van der Waals surface area contributed by atoms with Gasteiger partial charge in [-0.3, -0.25) is 0 Å². The summed E-state index contributed by atoms with van der Waals surface area (Å²) in [5.41, 5.74) is 1.70. The molecule has 130 valence electrons. The van der Waals surface area contributed by atoms with Gasteiger partial charge in [-0.1, -0.05) is 67.9 Å². The van der Waals surface area contributed by atoms with Crippen LogP contribution in [0.25, 0.3) is 0 Å². The third kappa shape index (κ3) is 3.56. The Balaban J connectivity index is 1.83. The molecule has 4 heteroatoms. The number of halogens is 2. The van der Waals surface area contributed by atoms with Crippen molar-refractivity contribution in [2.24, 2.45) is 5.92 Å². The lowest BCUT2D eigenvalue weighted by Crippen LogP contribution is -2.34. The van der Waals surface area contributed by atoms with Crippen LogP contribution in [0.3, 0.4) is 0 Å². The molecule has 2 aromatic rings. The Morgan fingerprint density at radius 2 is 1.92 bits per heavy atom. The van der Waals surface area contributed by atoms with Gasteiger partial charge in [-0.15, -0.1) is 0 Å². The van der Waals surface area contributed by atoms with Gasteiger partial charge in [-0.2, -0.15) is 5.26 Å². The van der Waals surface area contributed by atoms with Gasteiger partial charge in [0.05, 0.1) is 17.0 Å². The minimum Gasteiger partial charge on any atom is -0.312 e. The number of hydrogen-bond donors (Lipinski definition) is 1. The molecule has 3 unspecified atom stereocenters. The van der Waals surface area contributed by atoms with E-state index in [4.69, 9.17) is 11.6 Å². The fraction of sp³-hybridized carbons (Fsp3) is 0.381. The quantitative estimate of drug-likeness (QED) is 0.832. The maximum Gasteiger partial charge on any atom is 0.145 e. The van der Waals surface area contributed by atoms with Crippen LogP contribution < -0.4 is 5.32 Å². The molecule has 1 N–H and O–H groups in total. The molecule has 0 saturated carbocycles. The molecule has 0 spiro atoms. The summed E-state index contributed by atoms with van der Waals surface area (Å²) in [5, 5.41) is 13.3. The molecule has 0 aliphatic carbocycles. The number of hydrogen-bond acceptors (Lipinski definition) is 2. The Morgan fingerprint density at radius 3 is 2.60 bits per heavy atom. The molecular formula is C21H22ClFN2. The van der Waals surface area contributed by atoms with Gasteiger partial charge in [0.2, 0.25) is 0 Å². The van der Waals surface area contributed by atoms with Gasteiger partial charge in [0, 0.05) is 18.5 Å². The summed E-state index contributed by atoms with van der Waals surface area (Å²) in [6.07, 6.45) is 0.813. The predicted octanol–water partition coefficient (Wildman–Crippen LogP) is 5.04. The average molecular weight is 357 g/mol. The number of nitrogens with zero attached hydrogens (tertiary/aromatic N) is 1. The van der Waals surface area contributed by atoms with Crippen LogP contribution in [0.5, 0.6) is 0 Å². The molecule has 0 radical (unpaired) electrons. The van der Waals surface area contributed by atoms with Crippen molar-refractivity contribution < 1.29 is 4.39 Å². The SMILES string of the molecule is CC(C)(CC1NCC(c2cccc(Cl)c2F)C1C#N)c1ccccc1. The molecule has 3 rings (SSSR count). The summed E-state index contributed by atoms with van der Waals surface area (Å²) in [4.78, 5) is 0. The first kappa shape index (κ1) is 17.9.